The van der Waals surface area contributed by atoms with Gasteiger partial charge in [-0.3, -0.25) is 4.79 Å². The Kier molecular flexibility index (Phi) is 4.67. The molecule has 18 heavy (non-hydrogen) atoms. The molecule has 0 saturated carbocycles. The maximum absolute atomic E-state index is 12.2. The Morgan fingerprint density at radius 2 is 2.22 bits per heavy atom. The van der Waals surface area contributed by atoms with Crippen molar-refractivity contribution in [2.75, 3.05) is 12.4 Å². The quantitative estimate of drug-likeness (QED) is 0.803. The number of hydrogen-bond donors (Lipinski definition) is 2. The molecule has 0 fully saturated rings. The van der Waals surface area contributed by atoms with Crippen molar-refractivity contribution in [1.82, 2.24) is 0 Å². The lowest BCUT2D eigenvalue weighted by Gasteiger charge is -2.25. The molecule has 0 radical (unpaired) electrons. The summed E-state index contributed by atoms with van der Waals surface area (Å²) in [5.74, 6) is 0.479. The molecule has 3 N–H and O–H groups in total. The Morgan fingerprint density at radius 1 is 1.56 bits per heavy atom. The third-order valence-corrected chi connectivity index (χ3v) is 3.53. The molecule has 0 aromatic heterocycles. The average molecular weight is 266 g/mol. The Hall–Kier alpha value is -1.62. The van der Waals surface area contributed by atoms with Gasteiger partial charge in [-0.15, -0.1) is 0 Å². The summed E-state index contributed by atoms with van der Waals surface area (Å²) in [6.45, 7) is 3.62. The molecule has 0 saturated heterocycles. The molecule has 98 valence electrons. The molecule has 5 heteroatoms. The van der Waals surface area contributed by atoms with E-state index in [-0.39, 0.29) is 10.9 Å². The largest absolute Gasteiger partial charge is 0.497 e. The number of nitrogens with one attached hydrogen (secondary N) is 1. The van der Waals surface area contributed by atoms with Crippen LogP contribution in [0.2, 0.25) is 0 Å². The Bertz CT molecular complexity index is 462. The van der Waals surface area contributed by atoms with Gasteiger partial charge in [0.2, 0.25) is 5.91 Å². The Labute approximate surface area is 113 Å². The summed E-state index contributed by atoms with van der Waals surface area (Å²) in [7, 11) is 1.58. The molecule has 0 heterocycles. The molecule has 1 aromatic carbocycles. The first-order chi connectivity index (χ1) is 8.43. The SMILES string of the molecule is CCC(C)(C(=O)Nc1cccc(OC)c1)C(N)=S. The first-order valence-corrected chi connectivity index (χ1v) is 6.10. The second kappa shape index (κ2) is 5.82. The lowest BCUT2D eigenvalue weighted by molar-refractivity contribution is -0.121. The summed E-state index contributed by atoms with van der Waals surface area (Å²) in [6, 6.07) is 7.14. The predicted molar refractivity (Wildman–Crippen MR) is 76.8 cm³/mol. The second-order valence-corrected chi connectivity index (χ2v) is 4.68. The number of ether oxygens (including phenoxy) is 1. The van der Waals surface area contributed by atoms with Crippen LogP contribution in [-0.4, -0.2) is 18.0 Å². The van der Waals surface area contributed by atoms with Crippen molar-refractivity contribution in [3.8, 4) is 5.75 Å². The molecule has 0 bridgehead atoms. The number of benzene rings is 1. The first kappa shape index (κ1) is 14.4. The minimum atomic E-state index is -0.835. The molecular formula is C13H18N2O2S. The maximum atomic E-state index is 12.2. The number of anilines is 1. The summed E-state index contributed by atoms with van der Waals surface area (Å²) in [6.07, 6.45) is 0.554. The van der Waals surface area contributed by atoms with E-state index >= 15 is 0 Å². The molecule has 1 rings (SSSR count). The van der Waals surface area contributed by atoms with Crippen molar-refractivity contribution in [3.63, 3.8) is 0 Å². The van der Waals surface area contributed by atoms with Gasteiger partial charge in [-0.1, -0.05) is 25.2 Å². The van der Waals surface area contributed by atoms with Crippen molar-refractivity contribution in [2.45, 2.75) is 20.3 Å². The van der Waals surface area contributed by atoms with Crippen LogP contribution < -0.4 is 15.8 Å². The van der Waals surface area contributed by atoms with E-state index in [2.05, 4.69) is 5.32 Å². The lowest BCUT2D eigenvalue weighted by atomic mass is 9.86. The summed E-state index contributed by atoms with van der Waals surface area (Å²) < 4.78 is 5.09. The summed E-state index contributed by atoms with van der Waals surface area (Å²) in [5.41, 5.74) is 5.47. The highest BCUT2D eigenvalue weighted by Crippen LogP contribution is 2.25. The van der Waals surface area contributed by atoms with Crippen LogP contribution in [0.5, 0.6) is 5.75 Å². The maximum Gasteiger partial charge on any atom is 0.237 e. The van der Waals surface area contributed by atoms with Crippen LogP contribution in [0.4, 0.5) is 5.69 Å². The molecule has 0 aliphatic heterocycles. The van der Waals surface area contributed by atoms with Gasteiger partial charge in [0.05, 0.1) is 17.5 Å². The Balaban J connectivity index is 2.89. The van der Waals surface area contributed by atoms with Crippen molar-refractivity contribution in [3.05, 3.63) is 24.3 Å². The van der Waals surface area contributed by atoms with Crippen molar-refractivity contribution >= 4 is 28.8 Å². The van der Waals surface area contributed by atoms with E-state index in [1.807, 2.05) is 13.0 Å². The van der Waals surface area contributed by atoms with Crippen LogP contribution in [0, 0.1) is 5.41 Å². The van der Waals surface area contributed by atoms with E-state index in [1.165, 1.54) is 0 Å². The zero-order chi connectivity index (χ0) is 13.8. The van der Waals surface area contributed by atoms with Crippen LogP contribution >= 0.6 is 12.2 Å². The molecule has 1 unspecified atom stereocenters. The number of thiocarbonyl (C=S) groups is 1. The van der Waals surface area contributed by atoms with Crippen LogP contribution in [0.3, 0.4) is 0 Å². The first-order valence-electron chi connectivity index (χ1n) is 5.69. The number of carbonyl (C=O) groups is 1. The molecule has 0 aliphatic rings. The number of methoxy groups -OCH3 is 1. The van der Waals surface area contributed by atoms with Gasteiger partial charge in [-0.05, 0) is 25.5 Å². The molecular weight excluding hydrogens is 248 g/mol. The highest BCUT2D eigenvalue weighted by atomic mass is 32.1. The molecule has 4 nitrogen and oxygen atoms in total. The van der Waals surface area contributed by atoms with Gasteiger partial charge >= 0.3 is 0 Å². The highest BCUT2D eigenvalue weighted by Gasteiger charge is 2.34. The van der Waals surface area contributed by atoms with E-state index in [9.17, 15) is 4.79 Å². The number of carbonyl (C=O) groups excluding carboxylic acids is 1. The van der Waals surface area contributed by atoms with Crippen LogP contribution in [-0.2, 0) is 4.79 Å². The smallest absolute Gasteiger partial charge is 0.237 e. The van der Waals surface area contributed by atoms with Crippen LogP contribution in [0.15, 0.2) is 24.3 Å². The van der Waals surface area contributed by atoms with Crippen molar-refractivity contribution in [2.24, 2.45) is 11.1 Å². The molecule has 0 aliphatic carbocycles. The number of nitrogens with two attached hydrogens (primary N) is 1. The zero-order valence-corrected chi connectivity index (χ0v) is 11.6. The van der Waals surface area contributed by atoms with Gasteiger partial charge in [0.1, 0.15) is 5.75 Å². The van der Waals surface area contributed by atoms with Gasteiger partial charge in [0, 0.05) is 11.8 Å². The lowest BCUT2D eigenvalue weighted by Crippen LogP contribution is -2.43. The fraction of sp³-hybridized carbons (Fsp3) is 0.385. The van der Waals surface area contributed by atoms with E-state index in [0.29, 0.717) is 17.9 Å². The van der Waals surface area contributed by atoms with Gasteiger partial charge in [0.25, 0.3) is 0 Å². The predicted octanol–water partition coefficient (Wildman–Crippen LogP) is 2.34. The van der Waals surface area contributed by atoms with Crippen molar-refractivity contribution in [1.29, 1.82) is 0 Å². The normalized spacial score (nSPS) is 13.5. The summed E-state index contributed by atoms with van der Waals surface area (Å²) in [5, 5.41) is 2.80. The van der Waals surface area contributed by atoms with E-state index in [4.69, 9.17) is 22.7 Å². The number of amides is 1. The van der Waals surface area contributed by atoms with Gasteiger partial charge in [0.15, 0.2) is 0 Å². The van der Waals surface area contributed by atoms with Gasteiger partial charge in [-0.2, -0.15) is 0 Å². The zero-order valence-electron chi connectivity index (χ0n) is 10.8. The number of rotatable bonds is 5. The van der Waals surface area contributed by atoms with E-state index in [1.54, 1.807) is 32.2 Å². The van der Waals surface area contributed by atoms with Crippen LogP contribution in [0.25, 0.3) is 0 Å². The van der Waals surface area contributed by atoms with E-state index < -0.39 is 5.41 Å². The molecule has 1 atom stereocenters. The highest BCUT2D eigenvalue weighted by molar-refractivity contribution is 7.80. The third kappa shape index (κ3) is 2.98. The van der Waals surface area contributed by atoms with Gasteiger partial charge in [-0.25, -0.2) is 0 Å². The minimum absolute atomic E-state index is 0.199. The number of hydrogen-bond acceptors (Lipinski definition) is 3. The van der Waals surface area contributed by atoms with Crippen molar-refractivity contribution < 1.29 is 9.53 Å². The van der Waals surface area contributed by atoms with E-state index in [0.717, 1.165) is 0 Å². The standard InChI is InChI=1S/C13H18N2O2S/c1-4-13(2,11(14)18)12(16)15-9-6-5-7-10(8-9)17-3/h5-8H,4H2,1-3H3,(H2,14,18)(H,15,16). The van der Waals surface area contributed by atoms with Gasteiger partial charge < -0.3 is 15.8 Å². The summed E-state index contributed by atoms with van der Waals surface area (Å²) >= 11 is 4.96. The molecule has 1 amide bonds. The topological polar surface area (TPSA) is 64.3 Å². The fourth-order valence-corrected chi connectivity index (χ4v) is 1.65. The molecule has 1 aromatic rings. The second-order valence-electron chi connectivity index (χ2n) is 4.24. The monoisotopic (exact) mass is 266 g/mol. The fourth-order valence-electron chi connectivity index (χ4n) is 1.42. The minimum Gasteiger partial charge on any atom is -0.497 e. The average Bonchev–Trinajstić information content (AvgIpc) is 2.37. The molecule has 0 spiro atoms. The van der Waals surface area contributed by atoms with Crippen LogP contribution in [0.1, 0.15) is 20.3 Å². The third-order valence-electron chi connectivity index (χ3n) is 3.08. The Morgan fingerprint density at radius 3 is 2.72 bits per heavy atom. The summed E-state index contributed by atoms with van der Waals surface area (Å²) in [4.78, 5) is 12.4.